The first-order chi connectivity index (χ1) is 12.6. The lowest BCUT2D eigenvalue weighted by Crippen LogP contribution is -2.44. The van der Waals surface area contributed by atoms with E-state index < -0.39 is 0 Å². The van der Waals surface area contributed by atoms with Gasteiger partial charge in [-0.1, -0.05) is 0 Å². The van der Waals surface area contributed by atoms with Crippen molar-refractivity contribution in [3.05, 3.63) is 30.0 Å². The smallest absolute Gasteiger partial charge is 0.229 e. The molecular formula is C19H27N5O2. The Morgan fingerprint density at radius 3 is 2.69 bits per heavy atom. The third-order valence-electron chi connectivity index (χ3n) is 4.45. The lowest BCUT2D eigenvalue weighted by molar-refractivity contribution is 0.110. The zero-order valence-corrected chi connectivity index (χ0v) is 15.9. The Morgan fingerprint density at radius 1 is 1.19 bits per heavy atom. The van der Waals surface area contributed by atoms with Gasteiger partial charge in [-0.2, -0.15) is 4.98 Å². The van der Waals surface area contributed by atoms with Crippen molar-refractivity contribution >= 4 is 17.5 Å². The molecular weight excluding hydrogens is 330 g/mol. The van der Waals surface area contributed by atoms with Crippen molar-refractivity contribution in [3.63, 3.8) is 0 Å². The van der Waals surface area contributed by atoms with Crippen LogP contribution in [0.25, 0.3) is 0 Å². The number of nitrogens with zero attached hydrogens (tertiary/aromatic N) is 3. The van der Waals surface area contributed by atoms with Gasteiger partial charge in [0.05, 0.1) is 13.7 Å². The lowest BCUT2D eigenvalue weighted by Gasteiger charge is -2.36. The van der Waals surface area contributed by atoms with Gasteiger partial charge >= 0.3 is 0 Å². The highest BCUT2D eigenvalue weighted by Crippen LogP contribution is 2.31. The second-order valence-electron chi connectivity index (χ2n) is 6.68. The minimum atomic E-state index is 0.544. The number of benzene rings is 1. The number of ether oxygens (including phenoxy) is 2. The van der Waals surface area contributed by atoms with E-state index in [1.54, 1.807) is 7.11 Å². The number of anilines is 3. The maximum atomic E-state index is 5.98. The minimum absolute atomic E-state index is 0.544. The number of hydrogen-bond acceptors (Lipinski definition) is 7. The third-order valence-corrected chi connectivity index (χ3v) is 4.45. The zero-order chi connectivity index (χ0) is 18.5. The highest BCUT2D eigenvalue weighted by molar-refractivity contribution is 5.60. The van der Waals surface area contributed by atoms with Crippen molar-refractivity contribution in [2.24, 2.45) is 5.92 Å². The van der Waals surface area contributed by atoms with Gasteiger partial charge < -0.3 is 25.0 Å². The van der Waals surface area contributed by atoms with Gasteiger partial charge in [-0.25, -0.2) is 4.98 Å². The van der Waals surface area contributed by atoms with E-state index in [9.17, 15) is 0 Å². The summed E-state index contributed by atoms with van der Waals surface area (Å²) in [4.78, 5) is 11.2. The Hall–Kier alpha value is -2.54. The van der Waals surface area contributed by atoms with Crippen LogP contribution in [0.3, 0.4) is 0 Å². The number of nitrogens with one attached hydrogen (secondary N) is 2. The van der Waals surface area contributed by atoms with Crippen molar-refractivity contribution in [3.8, 4) is 11.5 Å². The summed E-state index contributed by atoms with van der Waals surface area (Å²) >= 11 is 0. The third kappa shape index (κ3) is 4.54. The predicted molar refractivity (Wildman–Crippen MR) is 104 cm³/mol. The van der Waals surface area contributed by atoms with E-state index in [-0.39, 0.29) is 0 Å². The molecule has 0 unspecified atom stereocenters. The quantitative estimate of drug-likeness (QED) is 0.752. The van der Waals surface area contributed by atoms with Gasteiger partial charge in [0.15, 0.2) is 11.5 Å². The molecule has 140 valence electrons. The maximum absolute atomic E-state index is 5.98. The Bertz CT molecular complexity index is 747. The van der Waals surface area contributed by atoms with E-state index in [2.05, 4.69) is 32.5 Å². The molecule has 0 saturated carbocycles. The number of hydrogen-bond donors (Lipinski definition) is 2. The lowest BCUT2D eigenvalue weighted by atomic mass is 9.98. The first kappa shape index (κ1) is 18.3. The molecule has 0 amide bonds. The van der Waals surface area contributed by atoms with Crippen LogP contribution in [0.2, 0.25) is 0 Å². The molecule has 7 nitrogen and oxygen atoms in total. The molecule has 7 heteroatoms. The molecule has 1 saturated heterocycles. The summed E-state index contributed by atoms with van der Waals surface area (Å²) in [5.41, 5.74) is 1.75. The van der Waals surface area contributed by atoms with Crippen LogP contribution in [0.5, 0.6) is 11.5 Å². The SMILES string of the molecule is CNc1cc(C)nc(Nc2ccc(OC)c(OCCC3CN(C)C3)c2)n1. The minimum Gasteiger partial charge on any atom is -0.493 e. The molecule has 0 spiro atoms. The average molecular weight is 357 g/mol. The van der Waals surface area contributed by atoms with Gasteiger partial charge in [0, 0.05) is 43.7 Å². The molecule has 0 atom stereocenters. The van der Waals surface area contributed by atoms with Gasteiger partial charge in [0.1, 0.15) is 5.82 Å². The molecule has 2 heterocycles. The molecule has 0 bridgehead atoms. The van der Waals surface area contributed by atoms with Crippen molar-refractivity contribution < 1.29 is 9.47 Å². The van der Waals surface area contributed by atoms with Gasteiger partial charge in [0.25, 0.3) is 0 Å². The number of methoxy groups -OCH3 is 1. The van der Waals surface area contributed by atoms with E-state index in [1.165, 1.54) is 0 Å². The highest BCUT2D eigenvalue weighted by atomic mass is 16.5. The second kappa shape index (κ2) is 8.23. The molecule has 0 aliphatic carbocycles. The Morgan fingerprint density at radius 2 is 2.00 bits per heavy atom. The van der Waals surface area contributed by atoms with Crippen molar-refractivity contribution in [2.45, 2.75) is 13.3 Å². The van der Waals surface area contributed by atoms with E-state index in [1.807, 2.05) is 38.2 Å². The van der Waals surface area contributed by atoms with Crippen LogP contribution >= 0.6 is 0 Å². The van der Waals surface area contributed by atoms with Crippen LogP contribution in [-0.2, 0) is 0 Å². The summed E-state index contributed by atoms with van der Waals surface area (Å²) in [6.07, 6.45) is 1.05. The van der Waals surface area contributed by atoms with E-state index >= 15 is 0 Å². The highest BCUT2D eigenvalue weighted by Gasteiger charge is 2.22. The normalized spacial score (nSPS) is 14.6. The van der Waals surface area contributed by atoms with Crippen LogP contribution in [-0.4, -0.2) is 55.8 Å². The molecule has 0 radical (unpaired) electrons. The zero-order valence-electron chi connectivity index (χ0n) is 15.9. The van der Waals surface area contributed by atoms with E-state index in [4.69, 9.17) is 9.47 Å². The topological polar surface area (TPSA) is 71.5 Å². The van der Waals surface area contributed by atoms with Crippen LogP contribution in [0, 0.1) is 12.8 Å². The first-order valence-corrected chi connectivity index (χ1v) is 8.87. The molecule has 1 aromatic heterocycles. The Labute approximate surface area is 154 Å². The van der Waals surface area contributed by atoms with Crippen LogP contribution in [0.1, 0.15) is 12.1 Å². The standard InChI is InChI=1S/C19H27N5O2/c1-13-9-18(20-2)23-19(21-13)22-15-5-6-16(25-4)17(10-15)26-8-7-14-11-24(3)12-14/h5-6,9-10,14H,7-8,11-12H2,1-4H3,(H2,20,21,22,23). The number of aryl methyl sites for hydroxylation is 1. The molecule has 2 N–H and O–H groups in total. The maximum Gasteiger partial charge on any atom is 0.229 e. The summed E-state index contributed by atoms with van der Waals surface area (Å²) in [5.74, 6) is 3.50. The number of rotatable bonds is 8. The van der Waals surface area contributed by atoms with Crippen molar-refractivity contribution in [1.29, 1.82) is 0 Å². The Balaban J connectivity index is 1.67. The van der Waals surface area contributed by atoms with Crippen LogP contribution < -0.4 is 20.1 Å². The van der Waals surface area contributed by atoms with Gasteiger partial charge in [-0.15, -0.1) is 0 Å². The van der Waals surface area contributed by atoms with Crippen molar-refractivity contribution in [1.82, 2.24) is 14.9 Å². The van der Waals surface area contributed by atoms with Crippen LogP contribution in [0.15, 0.2) is 24.3 Å². The molecule has 1 aliphatic heterocycles. The molecule has 1 aliphatic rings. The van der Waals surface area contributed by atoms with E-state index in [0.717, 1.165) is 54.1 Å². The summed E-state index contributed by atoms with van der Waals surface area (Å²) in [6, 6.07) is 7.64. The van der Waals surface area contributed by atoms with Gasteiger partial charge in [0.2, 0.25) is 5.95 Å². The fraction of sp³-hybridized carbons (Fsp3) is 0.474. The second-order valence-corrected chi connectivity index (χ2v) is 6.68. The fourth-order valence-corrected chi connectivity index (χ4v) is 3.10. The molecule has 3 rings (SSSR count). The fourth-order valence-electron chi connectivity index (χ4n) is 3.10. The summed E-state index contributed by atoms with van der Waals surface area (Å²) in [7, 11) is 5.63. The molecule has 1 aromatic carbocycles. The monoisotopic (exact) mass is 357 g/mol. The largest absolute Gasteiger partial charge is 0.493 e. The van der Waals surface area contributed by atoms with Gasteiger partial charge in [-0.3, -0.25) is 0 Å². The van der Waals surface area contributed by atoms with Crippen LogP contribution in [0.4, 0.5) is 17.5 Å². The average Bonchev–Trinajstić information content (AvgIpc) is 2.60. The molecule has 2 aromatic rings. The van der Waals surface area contributed by atoms with Crippen molar-refractivity contribution in [2.75, 3.05) is 51.5 Å². The molecule has 26 heavy (non-hydrogen) atoms. The number of likely N-dealkylation sites (tertiary alicyclic amines) is 1. The molecule has 1 fully saturated rings. The summed E-state index contributed by atoms with van der Waals surface area (Å²) in [6.45, 7) is 4.93. The predicted octanol–water partition coefficient (Wildman–Crippen LogP) is 2.91. The summed E-state index contributed by atoms with van der Waals surface area (Å²) in [5, 5.41) is 6.27. The Kier molecular flexibility index (Phi) is 5.78. The number of aromatic nitrogens is 2. The van der Waals surface area contributed by atoms with E-state index in [0.29, 0.717) is 12.6 Å². The van der Waals surface area contributed by atoms with Gasteiger partial charge in [-0.05, 0) is 38.4 Å². The first-order valence-electron chi connectivity index (χ1n) is 8.87. The summed E-state index contributed by atoms with van der Waals surface area (Å²) < 4.78 is 11.4.